The van der Waals surface area contributed by atoms with Crippen molar-refractivity contribution < 1.29 is 13.2 Å². The summed E-state index contributed by atoms with van der Waals surface area (Å²) in [4.78, 5) is 2.17. The Morgan fingerprint density at radius 1 is 1.19 bits per heavy atom. The fraction of sp³-hybridized carbons (Fsp3) is 0.600. The van der Waals surface area contributed by atoms with E-state index in [0.717, 1.165) is 43.8 Å². The lowest BCUT2D eigenvalue weighted by Gasteiger charge is -2.29. The predicted molar refractivity (Wildman–Crippen MR) is 80.2 cm³/mol. The minimum absolute atomic E-state index is 0.224. The van der Waals surface area contributed by atoms with Crippen LogP contribution in [0.15, 0.2) is 22.7 Å². The first-order valence-corrected chi connectivity index (χ1v) is 8.03. The number of hydrogen-bond donors (Lipinski definition) is 1. The third kappa shape index (κ3) is 2.93. The zero-order valence-corrected chi connectivity index (χ0v) is 13.1. The molecule has 0 radical (unpaired) electrons. The van der Waals surface area contributed by atoms with Crippen LogP contribution < -0.4 is 10.6 Å². The van der Waals surface area contributed by atoms with Crippen LogP contribution in [0.5, 0.6) is 0 Å². The Morgan fingerprint density at radius 3 is 2.57 bits per heavy atom. The molecule has 1 saturated carbocycles. The van der Waals surface area contributed by atoms with Gasteiger partial charge in [0.1, 0.15) is 0 Å². The summed E-state index contributed by atoms with van der Waals surface area (Å²) in [7, 11) is 0. The van der Waals surface area contributed by atoms with E-state index in [4.69, 9.17) is 5.73 Å². The van der Waals surface area contributed by atoms with Crippen molar-refractivity contribution in [3.8, 4) is 0 Å². The SMILES string of the molecule is NC1CCCC2CN(c3ccc(C(F)(F)F)cc3Br)CC12. The summed E-state index contributed by atoms with van der Waals surface area (Å²) < 4.78 is 38.7. The van der Waals surface area contributed by atoms with Gasteiger partial charge < -0.3 is 10.6 Å². The van der Waals surface area contributed by atoms with Crippen molar-refractivity contribution in [2.75, 3.05) is 18.0 Å². The van der Waals surface area contributed by atoms with Crippen molar-refractivity contribution >= 4 is 21.6 Å². The first-order valence-electron chi connectivity index (χ1n) is 7.23. The fourth-order valence-electron chi connectivity index (χ4n) is 3.65. The molecule has 0 bridgehead atoms. The number of nitrogens with zero attached hydrogens (tertiary/aromatic N) is 1. The van der Waals surface area contributed by atoms with E-state index in [-0.39, 0.29) is 6.04 Å². The molecule has 0 aromatic heterocycles. The summed E-state index contributed by atoms with van der Waals surface area (Å²) in [5.41, 5.74) is 6.41. The number of benzene rings is 1. The molecule has 3 atom stereocenters. The smallest absolute Gasteiger partial charge is 0.370 e. The van der Waals surface area contributed by atoms with Crippen LogP contribution in [0.25, 0.3) is 0 Å². The van der Waals surface area contributed by atoms with Gasteiger partial charge in [-0.3, -0.25) is 0 Å². The highest BCUT2D eigenvalue weighted by Crippen LogP contribution is 2.41. The first kappa shape index (κ1) is 15.2. The Hall–Kier alpha value is -0.750. The normalized spacial score (nSPS) is 29.6. The summed E-state index contributed by atoms with van der Waals surface area (Å²) in [6.07, 6.45) is -0.914. The van der Waals surface area contributed by atoms with Crippen molar-refractivity contribution in [2.24, 2.45) is 17.6 Å². The van der Waals surface area contributed by atoms with Gasteiger partial charge in [0, 0.05) is 23.6 Å². The fourth-order valence-corrected chi connectivity index (χ4v) is 4.28. The van der Waals surface area contributed by atoms with Crippen LogP contribution in [-0.4, -0.2) is 19.1 Å². The standard InChI is InChI=1S/C15H18BrF3N2/c16-12-6-10(15(17,18)19)4-5-14(12)21-7-9-2-1-3-13(20)11(9)8-21/h4-6,9,11,13H,1-3,7-8,20H2. The Labute approximate surface area is 130 Å². The molecule has 1 aliphatic heterocycles. The van der Waals surface area contributed by atoms with E-state index in [9.17, 15) is 13.2 Å². The highest BCUT2D eigenvalue weighted by Gasteiger charge is 2.39. The highest BCUT2D eigenvalue weighted by molar-refractivity contribution is 9.10. The van der Waals surface area contributed by atoms with Crippen molar-refractivity contribution in [1.82, 2.24) is 0 Å². The molecule has 1 aliphatic carbocycles. The van der Waals surface area contributed by atoms with E-state index >= 15 is 0 Å². The van der Waals surface area contributed by atoms with Crippen molar-refractivity contribution in [3.05, 3.63) is 28.2 Å². The Balaban J connectivity index is 1.82. The molecule has 1 aromatic rings. The average Bonchev–Trinajstić information content (AvgIpc) is 2.82. The van der Waals surface area contributed by atoms with Crippen LogP contribution in [0, 0.1) is 11.8 Å². The molecule has 0 spiro atoms. The molecule has 21 heavy (non-hydrogen) atoms. The number of nitrogens with two attached hydrogens (primary N) is 1. The van der Waals surface area contributed by atoms with Crippen molar-refractivity contribution in [3.63, 3.8) is 0 Å². The number of rotatable bonds is 1. The number of hydrogen-bond acceptors (Lipinski definition) is 2. The molecule has 1 aromatic carbocycles. The Kier molecular flexibility index (Phi) is 3.94. The number of anilines is 1. The third-order valence-corrected chi connectivity index (χ3v) is 5.40. The second-order valence-electron chi connectivity index (χ2n) is 6.09. The van der Waals surface area contributed by atoms with Gasteiger partial charge in [0.05, 0.1) is 11.3 Å². The summed E-state index contributed by atoms with van der Waals surface area (Å²) in [6, 6.07) is 4.11. The minimum atomic E-state index is -4.30. The number of halogens is 4. The van der Waals surface area contributed by atoms with Gasteiger partial charge >= 0.3 is 6.18 Å². The molecule has 1 saturated heterocycles. The van der Waals surface area contributed by atoms with Gasteiger partial charge in [-0.1, -0.05) is 6.42 Å². The third-order valence-electron chi connectivity index (χ3n) is 4.77. The zero-order chi connectivity index (χ0) is 15.2. The lowest BCUT2D eigenvalue weighted by atomic mass is 9.78. The second kappa shape index (κ2) is 5.47. The van der Waals surface area contributed by atoms with E-state index in [1.165, 1.54) is 6.42 Å². The quantitative estimate of drug-likeness (QED) is 0.816. The van der Waals surface area contributed by atoms with E-state index in [0.29, 0.717) is 16.3 Å². The molecular formula is C15H18BrF3N2. The van der Waals surface area contributed by atoms with Gasteiger partial charge in [0.2, 0.25) is 0 Å². The predicted octanol–water partition coefficient (Wildman–Crippen LogP) is 4.03. The highest BCUT2D eigenvalue weighted by atomic mass is 79.9. The molecule has 3 rings (SSSR count). The van der Waals surface area contributed by atoms with E-state index in [1.807, 2.05) is 0 Å². The second-order valence-corrected chi connectivity index (χ2v) is 6.94. The van der Waals surface area contributed by atoms with Gasteiger partial charge in [0.25, 0.3) is 0 Å². The summed E-state index contributed by atoms with van der Waals surface area (Å²) in [5, 5.41) is 0. The average molecular weight is 363 g/mol. The van der Waals surface area contributed by atoms with Crippen LogP contribution in [0.4, 0.5) is 18.9 Å². The lowest BCUT2D eigenvalue weighted by Crippen LogP contribution is -2.38. The van der Waals surface area contributed by atoms with Crippen molar-refractivity contribution in [2.45, 2.75) is 31.5 Å². The van der Waals surface area contributed by atoms with Crippen LogP contribution in [-0.2, 0) is 6.18 Å². The van der Waals surface area contributed by atoms with Gasteiger partial charge in [0.15, 0.2) is 0 Å². The molecule has 1 heterocycles. The minimum Gasteiger partial charge on any atom is -0.370 e. The Bertz CT molecular complexity index is 532. The summed E-state index contributed by atoms with van der Waals surface area (Å²) >= 11 is 3.29. The molecule has 2 fully saturated rings. The maximum Gasteiger partial charge on any atom is 0.416 e. The molecule has 3 unspecified atom stereocenters. The largest absolute Gasteiger partial charge is 0.416 e. The van der Waals surface area contributed by atoms with Crippen LogP contribution >= 0.6 is 15.9 Å². The molecule has 116 valence electrons. The summed E-state index contributed by atoms with van der Waals surface area (Å²) in [6.45, 7) is 1.73. The number of fused-ring (bicyclic) bond motifs is 1. The summed E-state index contributed by atoms with van der Waals surface area (Å²) in [5.74, 6) is 1.04. The topological polar surface area (TPSA) is 29.3 Å². The maximum atomic E-state index is 12.7. The lowest BCUT2D eigenvalue weighted by molar-refractivity contribution is -0.137. The molecule has 2 N–H and O–H groups in total. The van der Waals surface area contributed by atoms with Gasteiger partial charge in [-0.2, -0.15) is 13.2 Å². The van der Waals surface area contributed by atoms with Crippen LogP contribution in [0.2, 0.25) is 0 Å². The van der Waals surface area contributed by atoms with E-state index in [2.05, 4.69) is 20.8 Å². The van der Waals surface area contributed by atoms with E-state index < -0.39 is 11.7 Å². The maximum absolute atomic E-state index is 12.7. The number of alkyl halides is 3. The molecule has 0 amide bonds. The monoisotopic (exact) mass is 362 g/mol. The molecule has 2 aliphatic rings. The van der Waals surface area contributed by atoms with E-state index in [1.54, 1.807) is 6.07 Å². The molecule has 2 nitrogen and oxygen atoms in total. The molecule has 6 heteroatoms. The van der Waals surface area contributed by atoms with Crippen LogP contribution in [0.3, 0.4) is 0 Å². The van der Waals surface area contributed by atoms with Gasteiger partial charge in [-0.25, -0.2) is 0 Å². The van der Waals surface area contributed by atoms with Gasteiger partial charge in [-0.05, 0) is 58.8 Å². The Morgan fingerprint density at radius 2 is 1.95 bits per heavy atom. The van der Waals surface area contributed by atoms with Crippen LogP contribution in [0.1, 0.15) is 24.8 Å². The van der Waals surface area contributed by atoms with Gasteiger partial charge in [-0.15, -0.1) is 0 Å². The zero-order valence-electron chi connectivity index (χ0n) is 11.5. The molecular weight excluding hydrogens is 345 g/mol. The first-order chi connectivity index (χ1) is 9.86. The van der Waals surface area contributed by atoms with Crippen molar-refractivity contribution in [1.29, 1.82) is 0 Å².